The van der Waals surface area contributed by atoms with Gasteiger partial charge in [-0.25, -0.2) is 18.5 Å². The van der Waals surface area contributed by atoms with Gasteiger partial charge in [0.1, 0.15) is 0 Å². The van der Waals surface area contributed by atoms with Crippen molar-refractivity contribution in [2.45, 2.75) is 50.0 Å². The number of aryl methyl sites for hydroxylation is 1. The number of urea groups is 1. The van der Waals surface area contributed by atoms with E-state index in [-0.39, 0.29) is 0 Å². The minimum Gasteiger partial charge on any atom is -0.305 e. The first-order valence-electron chi connectivity index (χ1n) is 8.46. The Morgan fingerprint density at radius 3 is 2.96 bits per heavy atom. The molecule has 4 N–H and O–H groups in total. The molecular weight excluding hydrogens is 359 g/mol. The molecule has 2 atom stereocenters. The zero-order chi connectivity index (χ0) is 18.5. The monoisotopic (exact) mass is 378 g/mol. The van der Waals surface area contributed by atoms with E-state index in [1.54, 1.807) is 0 Å². The Kier molecular flexibility index (Phi) is 4.03. The molecule has 0 spiro atoms. The van der Waals surface area contributed by atoms with E-state index in [1.807, 2.05) is 0 Å². The lowest BCUT2D eigenvalue weighted by Gasteiger charge is -2.15. The standard InChI is InChI=1S/C16H19FN6O2S/c1-8-5-6-10-13(8)20-12-4-2-3-9(12)14(10)21-16(24)23-26(18,25)15-11(17)7-19-22-15/h7-8H,2-6H2,1H3,(H,19,22)(H3,18,20,21,23,24,25)/t8-,26?/m1/s1. The number of rotatable bonds is 2. The Hall–Kier alpha value is -2.33. The van der Waals surface area contributed by atoms with Crippen LogP contribution in [-0.4, -0.2) is 25.4 Å². The number of anilines is 1. The quantitative estimate of drug-likeness (QED) is 0.742. The average Bonchev–Trinajstić information content (AvgIpc) is 3.27. The third-order valence-corrected chi connectivity index (χ3v) is 6.26. The molecule has 0 aliphatic heterocycles. The van der Waals surface area contributed by atoms with Crippen LogP contribution in [0.2, 0.25) is 0 Å². The number of hydrogen-bond donors (Lipinski definition) is 3. The van der Waals surface area contributed by atoms with Crippen molar-refractivity contribution in [3.8, 4) is 0 Å². The molecule has 2 amide bonds. The molecule has 0 bridgehead atoms. The summed E-state index contributed by atoms with van der Waals surface area (Å²) in [6.07, 6.45) is 5.30. The smallest absolute Gasteiger partial charge is 0.305 e. The minimum absolute atomic E-state index is 0.335. The molecule has 0 saturated heterocycles. The minimum atomic E-state index is -3.75. The SMILES string of the molecule is C[C@@H]1CCc2c1nc1c(c2NC(=O)N=S(N)(=O)c2[nH]ncc2F)CCC1. The molecule has 26 heavy (non-hydrogen) atoms. The lowest BCUT2D eigenvalue weighted by atomic mass is 10.0. The summed E-state index contributed by atoms with van der Waals surface area (Å²) in [5.41, 5.74) is 4.74. The van der Waals surface area contributed by atoms with Crippen molar-refractivity contribution >= 4 is 21.6 Å². The number of halogens is 1. The number of carbonyl (C=O) groups excluding carboxylic acids is 1. The largest absolute Gasteiger partial charge is 0.354 e. The fourth-order valence-electron chi connectivity index (χ4n) is 3.72. The molecule has 8 nitrogen and oxygen atoms in total. The molecule has 10 heteroatoms. The average molecular weight is 378 g/mol. The third kappa shape index (κ3) is 2.78. The number of fused-ring (bicyclic) bond motifs is 2. The molecule has 0 aromatic carbocycles. The number of pyridine rings is 1. The van der Waals surface area contributed by atoms with Crippen molar-refractivity contribution in [2.75, 3.05) is 5.32 Å². The van der Waals surface area contributed by atoms with Gasteiger partial charge in [0, 0.05) is 11.4 Å². The van der Waals surface area contributed by atoms with E-state index in [9.17, 15) is 13.4 Å². The molecule has 2 aromatic rings. The third-order valence-electron chi connectivity index (χ3n) is 4.95. The number of H-pyrrole nitrogens is 1. The van der Waals surface area contributed by atoms with Crippen LogP contribution in [0.25, 0.3) is 0 Å². The van der Waals surface area contributed by atoms with Crippen LogP contribution in [0, 0.1) is 5.82 Å². The maximum atomic E-state index is 13.6. The van der Waals surface area contributed by atoms with E-state index in [0.717, 1.165) is 60.8 Å². The maximum Gasteiger partial charge on any atom is 0.354 e. The molecule has 2 heterocycles. The number of amides is 2. The summed E-state index contributed by atoms with van der Waals surface area (Å²) in [5, 5.41) is 13.4. The van der Waals surface area contributed by atoms with Crippen LogP contribution in [0.4, 0.5) is 14.9 Å². The van der Waals surface area contributed by atoms with E-state index < -0.39 is 26.8 Å². The number of nitrogens with one attached hydrogen (secondary N) is 2. The van der Waals surface area contributed by atoms with Gasteiger partial charge in [-0.2, -0.15) is 5.10 Å². The van der Waals surface area contributed by atoms with Crippen molar-refractivity contribution in [1.29, 1.82) is 0 Å². The highest BCUT2D eigenvalue weighted by Crippen LogP contribution is 2.41. The van der Waals surface area contributed by atoms with E-state index in [4.69, 9.17) is 10.1 Å². The number of hydrogen-bond acceptors (Lipinski definition) is 4. The molecule has 4 rings (SSSR count). The highest BCUT2D eigenvalue weighted by molar-refractivity contribution is 7.91. The van der Waals surface area contributed by atoms with Gasteiger partial charge < -0.3 is 5.32 Å². The van der Waals surface area contributed by atoms with Crippen LogP contribution in [0.3, 0.4) is 0 Å². The maximum absolute atomic E-state index is 13.6. The van der Waals surface area contributed by atoms with Gasteiger partial charge in [0.05, 0.1) is 11.9 Å². The lowest BCUT2D eigenvalue weighted by molar-refractivity contribution is 0.260. The first-order valence-corrected chi connectivity index (χ1v) is 10.0. The molecular formula is C16H19FN6O2S. The van der Waals surface area contributed by atoms with E-state index in [2.05, 4.69) is 26.8 Å². The van der Waals surface area contributed by atoms with Gasteiger partial charge in [-0.1, -0.05) is 6.92 Å². The Morgan fingerprint density at radius 2 is 2.23 bits per heavy atom. The van der Waals surface area contributed by atoms with Crippen molar-refractivity contribution in [3.63, 3.8) is 0 Å². The second kappa shape index (κ2) is 6.13. The number of nitrogens with zero attached hydrogens (tertiary/aromatic N) is 3. The molecule has 2 aromatic heterocycles. The Labute approximate surface area is 150 Å². The Bertz CT molecular complexity index is 1020. The number of aromatic amines is 1. The first kappa shape index (κ1) is 17.1. The van der Waals surface area contributed by atoms with Crippen LogP contribution in [0.5, 0.6) is 0 Å². The summed E-state index contributed by atoms with van der Waals surface area (Å²) < 4.78 is 29.5. The van der Waals surface area contributed by atoms with Gasteiger partial charge in [-0.05, 0) is 49.1 Å². The van der Waals surface area contributed by atoms with Crippen molar-refractivity contribution in [1.82, 2.24) is 15.2 Å². The van der Waals surface area contributed by atoms with Crippen LogP contribution < -0.4 is 10.5 Å². The molecule has 0 radical (unpaired) electrons. The van der Waals surface area contributed by atoms with Gasteiger partial charge in [0.2, 0.25) is 0 Å². The second-order valence-corrected chi connectivity index (χ2v) is 8.43. The summed E-state index contributed by atoms with van der Waals surface area (Å²) in [4.78, 5) is 17.2. The molecule has 1 unspecified atom stereocenters. The van der Waals surface area contributed by atoms with Gasteiger partial charge in [-0.15, -0.1) is 4.36 Å². The van der Waals surface area contributed by atoms with Crippen LogP contribution >= 0.6 is 0 Å². The Balaban J connectivity index is 1.72. The molecule has 0 saturated carbocycles. The van der Waals surface area contributed by atoms with E-state index in [0.29, 0.717) is 11.6 Å². The predicted octanol–water partition coefficient (Wildman–Crippen LogP) is 2.41. The highest BCUT2D eigenvalue weighted by atomic mass is 32.2. The van der Waals surface area contributed by atoms with Crippen molar-refractivity contribution in [2.24, 2.45) is 9.50 Å². The van der Waals surface area contributed by atoms with Crippen molar-refractivity contribution < 1.29 is 13.4 Å². The van der Waals surface area contributed by atoms with Crippen LogP contribution in [-0.2, 0) is 29.2 Å². The van der Waals surface area contributed by atoms with Crippen LogP contribution in [0.15, 0.2) is 15.6 Å². The van der Waals surface area contributed by atoms with E-state index >= 15 is 0 Å². The fourth-order valence-corrected chi connectivity index (χ4v) is 4.61. The molecule has 0 fully saturated rings. The lowest BCUT2D eigenvalue weighted by Crippen LogP contribution is -2.20. The highest BCUT2D eigenvalue weighted by Gasteiger charge is 2.30. The zero-order valence-corrected chi connectivity index (χ0v) is 15.0. The normalized spacial score (nSPS) is 20.3. The number of aromatic nitrogens is 3. The number of nitrogens with two attached hydrogens (primary N) is 1. The molecule has 2 aliphatic carbocycles. The summed E-state index contributed by atoms with van der Waals surface area (Å²) in [5.74, 6) is -0.560. The topological polar surface area (TPSA) is 126 Å². The summed E-state index contributed by atoms with van der Waals surface area (Å²) in [6, 6.07) is -0.867. The summed E-state index contributed by atoms with van der Waals surface area (Å²) >= 11 is 0. The van der Waals surface area contributed by atoms with Gasteiger partial charge in [0.15, 0.2) is 20.8 Å². The van der Waals surface area contributed by atoms with Gasteiger partial charge in [-0.3, -0.25) is 10.1 Å². The van der Waals surface area contributed by atoms with Gasteiger partial charge >= 0.3 is 6.03 Å². The number of carbonyl (C=O) groups is 1. The fraction of sp³-hybridized carbons (Fsp3) is 0.438. The van der Waals surface area contributed by atoms with Crippen LogP contribution in [0.1, 0.15) is 48.2 Å². The summed E-state index contributed by atoms with van der Waals surface area (Å²) in [7, 11) is -3.75. The predicted molar refractivity (Wildman–Crippen MR) is 93.6 cm³/mol. The van der Waals surface area contributed by atoms with E-state index in [1.165, 1.54) is 0 Å². The molecule has 2 aliphatic rings. The summed E-state index contributed by atoms with van der Waals surface area (Å²) in [6.45, 7) is 2.11. The molecule has 138 valence electrons. The van der Waals surface area contributed by atoms with Gasteiger partial charge in [0.25, 0.3) is 0 Å². The van der Waals surface area contributed by atoms with Crippen molar-refractivity contribution in [3.05, 3.63) is 34.5 Å². The second-order valence-electron chi connectivity index (χ2n) is 6.71. The Morgan fingerprint density at radius 1 is 1.42 bits per heavy atom. The first-order chi connectivity index (χ1) is 12.4. The zero-order valence-electron chi connectivity index (χ0n) is 14.2.